The minimum atomic E-state index is -0.938. The number of aliphatic carboxylic acids is 1. The number of rotatable bonds is 13. The average molecular weight is 1160 g/mol. The number of hydrogen-bond acceptors (Lipinski definition) is 13. The van der Waals surface area contributed by atoms with Gasteiger partial charge in [0.05, 0.1) is 23.7 Å². The van der Waals surface area contributed by atoms with Gasteiger partial charge in [-0.3, -0.25) is 19.2 Å². The van der Waals surface area contributed by atoms with Crippen LogP contribution in [0.5, 0.6) is 0 Å². The Balaban J connectivity index is 0.000000185. The van der Waals surface area contributed by atoms with E-state index in [1.165, 1.54) is 14.7 Å². The van der Waals surface area contributed by atoms with Crippen LogP contribution in [-0.4, -0.2) is 148 Å². The molecule has 0 fully saturated rings. The number of carbonyl (C=O) groups excluding carboxylic acids is 5. The van der Waals surface area contributed by atoms with Crippen molar-refractivity contribution in [1.29, 1.82) is 0 Å². The maximum Gasteiger partial charge on any atom is 0.333 e. The van der Waals surface area contributed by atoms with Gasteiger partial charge in [-0.15, -0.1) is 0 Å². The molecule has 0 bridgehead atoms. The number of benzene rings is 3. The van der Waals surface area contributed by atoms with Gasteiger partial charge in [-0.1, -0.05) is 54.6 Å². The second-order valence-electron chi connectivity index (χ2n) is 21.4. The highest BCUT2D eigenvalue weighted by atomic mass is 16.5. The summed E-state index contributed by atoms with van der Waals surface area (Å²) in [7, 11) is 10.2. The van der Waals surface area contributed by atoms with E-state index in [0.717, 1.165) is 84.2 Å². The van der Waals surface area contributed by atoms with Gasteiger partial charge in [0.15, 0.2) is 16.9 Å². The molecule has 9 aromatic rings. The van der Waals surface area contributed by atoms with Gasteiger partial charge in [0.25, 0.3) is 17.7 Å². The minimum absolute atomic E-state index is 0.146. The van der Waals surface area contributed by atoms with E-state index < -0.39 is 11.9 Å². The molecule has 0 saturated carbocycles. The summed E-state index contributed by atoms with van der Waals surface area (Å²) >= 11 is 0. The van der Waals surface area contributed by atoms with Gasteiger partial charge in [0.1, 0.15) is 17.1 Å². The van der Waals surface area contributed by atoms with E-state index in [4.69, 9.17) is 15.6 Å². The van der Waals surface area contributed by atoms with Crippen molar-refractivity contribution in [2.24, 2.45) is 5.73 Å². The number of fused-ring (bicyclic) bond motifs is 3. The predicted molar refractivity (Wildman–Crippen MR) is 332 cm³/mol. The first kappa shape index (κ1) is 63.1. The molecule has 3 aromatic carbocycles. The van der Waals surface area contributed by atoms with Crippen LogP contribution in [0.25, 0.3) is 68.9 Å². The third kappa shape index (κ3) is 14.5. The number of primary amides is 1. The lowest BCUT2D eigenvalue weighted by molar-refractivity contribution is -0.138. The monoisotopic (exact) mass is 1160 g/mol. The van der Waals surface area contributed by atoms with Gasteiger partial charge >= 0.3 is 11.9 Å². The molecular weight excluding hydrogens is 1090 g/mol. The van der Waals surface area contributed by atoms with Crippen molar-refractivity contribution in [3.05, 3.63) is 175 Å². The van der Waals surface area contributed by atoms with Gasteiger partial charge in [0.2, 0.25) is 5.91 Å². The quantitative estimate of drug-likeness (QED) is 0.0805. The van der Waals surface area contributed by atoms with Crippen LogP contribution in [0.15, 0.2) is 108 Å². The normalized spacial score (nSPS) is 11.7. The Morgan fingerprint density at radius 1 is 0.477 bits per heavy atom. The maximum atomic E-state index is 12.3. The lowest BCUT2D eigenvalue weighted by atomic mass is 10.0. The fraction of sp³-hybridized carbons (Fsp3) is 0.262. The van der Waals surface area contributed by atoms with Crippen LogP contribution in [-0.2, 0) is 19.1 Å². The summed E-state index contributed by atoms with van der Waals surface area (Å²) < 4.78 is 10.2. The zero-order valence-corrected chi connectivity index (χ0v) is 51.3. The first-order valence-electron chi connectivity index (χ1n) is 27.4. The number of nitrogens with two attached hydrogens (primary N) is 1. The van der Waals surface area contributed by atoms with Crippen LogP contribution in [0, 0.1) is 41.5 Å². The predicted octanol–water partition coefficient (Wildman–Crippen LogP) is 9.49. The third-order valence-corrected chi connectivity index (χ3v) is 13.7. The van der Waals surface area contributed by atoms with E-state index in [1.54, 1.807) is 114 Å². The molecule has 0 aliphatic rings. The highest BCUT2D eigenvalue weighted by Crippen LogP contribution is 2.29. The van der Waals surface area contributed by atoms with Gasteiger partial charge in [-0.2, -0.15) is 15.3 Å². The van der Waals surface area contributed by atoms with Crippen molar-refractivity contribution in [2.45, 2.75) is 69.2 Å². The summed E-state index contributed by atoms with van der Waals surface area (Å²) in [6, 6.07) is 28.3. The Morgan fingerprint density at radius 2 is 0.779 bits per heavy atom. The van der Waals surface area contributed by atoms with E-state index in [0.29, 0.717) is 51.8 Å². The number of carboxylic acid groups (broad SMARTS) is 1. The molecule has 0 spiro atoms. The smallest absolute Gasteiger partial charge is 0.333 e. The Morgan fingerprint density at radius 3 is 1.05 bits per heavy atom. The van der Waals surface area contributed by atoms with Crippen LogP contribution in [0.2, 0.25) is 0 Å². The fourth-order valence-electron chi connectivity index (χ4n) is 9.17. The molecule has 444 valence electrons. The number of aromatic nitrogens is 9. The molecule has 0 saturated heterocycles. The number of carboxylic acids is 1. The van der Waals surface area contributed by atoms with Crippen molar-refractivity contribution in [3.8, 4) is 33.8 Å². The topological polar surface area (TPSA) is 258 Å². The van der Waals surface area contributed by atoms with Crippen LogP contribution >= 0.6 is 0 Å². The molecule has 0 aliphatic heterocycles. The number of ether oxygens (including phenoxy) is 1. The first-order chi connectivity index (χ1) is 40.5. The molecule has 21 heteroatoms. The molecule has 21 nitrogen and oxygen atoms in total. The zero-order chi connectivity index (χ0) is 63.2. The van der Waals surface area contributed by atoms with Crippen molar-refractivity contribution < 1.29 is 38.6 Å². The van der Waals surface area contributed by atoms with Gasteiger partial charge in [0, 0.05) is 111 Å². The van der Waals surface area contributed by atoms with Crippen LogP contribution in [0.3, 0.4) is 0 Å². The van der Waals surface area contributed by atoms with Gasteiger partial charge in [-0.05, 0) is 139 Å². The summed E-state index contributed by atoms with van der Waals surface area (Å²) in [5, 5.41) is 23.0. The van der Waals surface area contributed by atoms with Gasteiger partial charge < -0.3 is 30.3 Å². The standard InChI is InChI=1S/C23H26N4O3.C21H23N5O2.C21H22N4O3/c1-7-30-23(29)15(3)11-17-8-9-18(14(2)10-17)19-13-21-24-20(22(28)26(5)6)12-16(4)27(21)25-19;1-12-8-15(9-13(2)20(22)27)6-7-16(12)17-11-19-23-18(21(28)25(4)5)10-14(3)26(19)24-17;1-12-8-15(9-13(2)21(27)28)6-7-16(12)17-11-19-22-18(20(26)24(4)5)10-14(3)25(19)23-17/h8-13H,7H2,1-6H3;6-11H,1-5H3,(H2,22,27);6-11H,1-5H3,(H,27,28)/b15-11+;2*13-9+. The number of hydrogen-bond donors (Lipinski definition) is 2. The van der Waals surface area contributed by atoms with Crippen molar-refractivity contribution in [1.82, 2.24) is 58.5 Å². The van der Waals surface area contributed by atoms with Gasteiger partial charge in [-0.25, -0.2) is 38.1 Å². The molecule has 0 radical (unpaired) electrons. The number of amides is 4. The van der Waals surface area contributed by atoms with E-state index in [-0.39, 0.29) is 29.3 Å². The number of esters is 1. The zero-order valence-electron chi connectivity index (χ0n) is 51.3. The summed E-state index contributed by atoms with van der Waals surface area (Å²) in [4.78, 5) is 88.7. The summed E-state index contributed by atoms with van der Waals surface area (Å²) in [5.74, 6) is -2.14. The molecule has 3 N–H and O–H groups in total. The average Bonchev–Trinajstić information content (AvgIpc) is 2.98. The Hall–Kier alpha value is -10.4. The second kappa shape index (κ2) is 26.4. The summed E-state index contributed by atoms with van der Waals surface area (Å²) in [5.41, 5.74) is 22.9. The number of aryl methyl sites for hydroxylation is 6. The molecule has 0 atom stereocenters. The number of carbonyl (C=O) groups is 6. The Kier molecular flexibility index (Phi) is 19.4. The fourth-order valence-corrected chi connectivity index (χ4v) is 9.17. The molecule has 4 amide bonds. The molecule has 0 unspecified atom stereocenters. The minimum Gasteiger partial charge on any atom is -0.478 e. The van der Waals surface area contributed by atoms with E-state index in [1.807, 2.05) is 120 Å². The maximum absolute atomic E-state index is 12.3. The lowest BCUT2D eigenvalue weighted by Gasteiger charge is -2.10. The summed E-state index contributed by atoms with van der Waals surface area (Å²) in [6.45, 7) is 18.7. The van der Waals surface area contributed by atoms with Crippen molar-refractivity contribution in [2.75, 3.05) is 48.9 Å². The van der Waals surface area contributed by atoms with E-state index >= 15 is 0 Å². The first-order valence-corrected chi connectivity index (χ1v) is 27.4. The molecule has 6 heterocycles. The second-order valence-corrected chi connectivity index (χ2v) is 21.4. The SMILES string of the molecule is C/C(=C\c1ccc(-c2cc3nc(C(=O)N(C)C)cc(C)n3n2)c(C)c1)C(=O)O.C/C(=C\c1ccc(-c2cc3nc(C(=O)N(C)C)cc(C)n3n2)c(C)c1)C(N)=O.CCOC(=O)/C(C)=C/c1ccc(-c2cc3nc(C(=O)N(C)C)cc(C)n3n2)c(C)c1. The highest BCUT2D eigenvalue weighted by molar-refractivity contribution is 5.97. The number of nitrogens with zero attached hydrogens (tertiary/aromatic N) is 12. The van der Waals surface area contributed by atoms with Crippen LogP contribution in [0.4, 0.5) is 0 Å². The molecular formula is C65H71N13O8. The molecule has 9 rings (SSSR count). The third-order valence-electron chi connectivity index (χ3n) is 13.7. The molecule has 0 aliphatic carbocycles. The van der Waals surface area contributed by atoms with Crippen molar-refractivity contribution in [3.63, 3.8) is 0 Å². The lowest BCUT2D eigenvalue weighted by Crippen LogP contribution is -2.23. The van der Waals surface area contributed by atoms with Crippen LogP contribution < -0.4 is 5.73 Å². The highest BCUT2D eigenvalue weighted by Gasteiger charge is 2.20. The van der Waals surface area contributed by atoms with E-state index in [9.17, 15) is 28.8 Å². The molecule has 6 aromatic heterocycles. The Bertz CT molecular complexity index is 4090. The summed E-state index contributed by atoms with van der Waals surface area (Å²) in [6.07, 6.45) is 5.20. The molecule has 86 heavy (non-hydrogen) atoms. The Labute approximate surface area is 498 Å². The van der Waals surface area contributed by atoms with Crippen molar-refractivity contribution >= 4 is 70.7 Å². The van der Waals surface area contributed by atoms with E-state index in [2.05, 4.69) is 30.2 Å². The van der Waals surface area contributed by atoms with Crippen LogP contribution in [0.1, 0.15) is 110 Å². The largest absolute Gasteiger partial charge is 0.478 e.